The molecule has 1 heterocycles. The summed E-state index contributed by atoms with van der Waals surface area (Å²) < 4.78 is 29.6. The molecule has 0 aliphatic carbocycles. The number of carbonyl (C=O) groups is 1. The molecule has 0 saturated carbocycles. The van der Waals surface area contributed by atoms with Gasteiger partial charge in [0.15, 0.2) is 9.84 Å². The summed E-state index contributed by atoms with van der Waals surface area (Å²) in [7, 11) is -3.10. The summed E-state index contributed by atoms with van der Waals surface area (Å²) in [5.74, 6) is -0.502. The van der Waals surface area contributed by atoms with E-state index in [1.54, 1.807) is 35.1 Å². The van der Waals surface area contributed by atoms with Gasteiger partial charge in [-0.1, -0.05) is 24.3 Å². The van der Waals surface area contributed by atoms with E-state index in [2.05, 4.69) is 5.10 Å². The fourth-order valence-corrected chi connectivity index (χ4v) is 3.24. The standard InChI is InChI=1S/C19H18N2O4S/c1-26(23,24)14-16-3-7-17(8-4-16)19(22)25-13-15-5-9-18(10-6-15)21-12-2-11-20-21/h2-12H,13-14H2,1H3. The molecule has 3 aromatic rings. The molecule has 0 unspecified atom stereocenters. The number of sulfone groups is 1. The first-order chi connectivity index (χ1) is 12.4. The van der Waals surface area contributed by atoms with E-state index >= 15 is 0 Å². The first-order valence-corrected chi connectivity index (χ1v) is 9.99. The van der Waals surface area contributed by atoms with E-state index in [0.717, 1.165) is 11.3 Å². The first kappa shape index (κ1) is 17.9. The first-order valence-electron chi connectivity index (χ1n) is 7.93. The van der Waals surface area contributed by atoms with Crippen molar-refractivity contribution in [3.8, 4) is 5.69 Å². The van der Waals surface area contributed by atoms with Crippen LogP contribution in [0.3, 0.4) is 0 Å². The number of esters is 1. The monoisotopic (exact) mass is 370 g/mol. The fraction of sp³-hybridized carbons (Fsp3) is 0.158. The van der Waals surface area contributed by atoms with Gasteiger partial charge in [0.05, 0.1) is 17.0 Å². The third-order valence-corrected chi connectivity index (χ3v) is 4.55. The van der Waals surface area contributed by atoms with Crippen LogP contribution in [-0.2, 0) is 26.9 Å². The fourth-order valence-electron chi connectivity index (χ4n) is 2.44. The maximum Gasteiger partial charge on any atom is 0.338 e. The molecule has 134 valence electrons. The average Bonchev–Trinajstić information content (AvgIpc) is 3.14. The predicted octanol–water partition coefficient (Wildman–Crippen LogP) is 2.77. The topological polar surface area (TPSA) is 78.3 Å². The Balaban J connectivity index is 1.58. The number of benzene rings is 2. The number of hydrogen-bond donors (Lipinski definition) is 0. The van der Waals surface area contributed by atoms with Crippen LogP contribution in [0.2, 0.25) is 0 Å². The van der Waals surface area contributed by atoms with E-state index in [0.29, 0.717) is 11.1 Å². The van der Waals surface area contributed by atoms with E-state index < -0.39 is 15.8 Å². The summed E-state index contributed by atoms with van der Waals surface area (Å²) in [6, 6.07) is 15.8. The third-order valence-electron chi connectivity index (χ3n) is 3.69. The predicted molar refractivity (Wildman–Crippen MR) is 97.7 cm³/mol. The van der Waals surface area contributed by atoms with E-state index in [4.69, 9.17) is 4.74 Å². The zero-order valence-corrected chi connectivity index (χ0v) is 15.0. The second-order valence-electron chi connectivity index (χ2n) is 5.96. The van der Waals surface area contributed by atoms with E-state index in [1.165, 1.54) is 6.26 Å². The molecule has 6 nitrogen and oxygen atoms in total. The normalized spacial score (nSPS) is 11.3. The number of nitrogens with zero attached hydrogens (tertiary/aromatic N) is 2. The Kier molecular flexibility index (Phi) is 5.18. The summed E-state index contributed by atoms with van der Waals surface area (Å²) in [4.78, 5) is 12.1. The van der Waals surface area contributed by atoms with Gasteiger partial charge in [-0.2, -0.15) is 5.10 Å². The zero-order valence-electron chi connectivity index (χ0n) is 14.2. The summed E-state index contributed by atoms with van der Waals surface area (Å²) >= 11 is 0. The average molecular weight is 370 g/mol. The van der Waals surface area contributed by atoms with Crippen molar-refractivity contribution in [1.82, 2.24) is 9.78 Å². The SMILES string of the molecule is CS(=O)(=O)Cc1ccc(C(=O)OCc2ccc(-n3cccn3)cc2)cc1. The number of rotatable bonds is 6. The van der Waals surface area contributed by atoms with Crippen LogP contribution >= 0.6 is 0 Å². The highest BCUT2D eigenvalue weighted by Gasteiger charge is 2.09. The summed E-state index contributed by atoms with van der Waals surface area (Å²) in [6.07, 6.45) is 4.73. The minimum absolute atomic E-state index is 0.0507. The van der Waals surface area contributed by atoms with E-state index in [-0.39, 0.29) is 12.4 Å². The number of carbonyl (C=O) groups excluding carboxylic acids is 1. The van der Waals surface area contributed by atoms with Crippen molar-refractivity contribution >= 4 is 15.8 Å². The van der Waals surface area contributed by atoms with Crippen LogP contribution in [0.5, 0.6) is 0 Å². The van der Waals surface area contributed by atoms with Gasteiger partial charge in [-0.05, 0) is 41.5 Å². The van der Waals surface area contributed by atoms with Crippen LogP contribution in [0.4, 0.5) is 0 Å². The Bertz CT molecular complexity index is 977. The quantitative estimate of drug-likeness (QED) is 0.624. The Morgan fingerprint density at radius 1 is 1.04 bits per heavy atom. The highest BCUT2D eigenvalue weighted by Crippen LogP contribution is 2.12. The van der Waals surface area contributed by atoms with Crippen LogP contribution in [0.15, 0.2) is 67.0 Å². The lowest BCUT2D eigenvalue weighted by Gasteiger charge is -2.07. The molecule has 0 aliphatic heterocycles. The molecular weight excluding hydrogens is 352 g/mol. The maximum atomic E-state index is 12.1. The van der Waals surface area contributed by atoms with Crippen LogP contribution < -0.4 is 0 Å². The van der Waals surface area contributed by atoms with Gasteiger partial charge in [0.25, 0.3) is 0 Å². The smallest absolute Gasteiger partial charge is 0.338 e. The van der Waals surface area contributed by atoms with Gasteiger partial charge < -0.3 is 4.74 Å². The summed E-state index contributed by atoms with van der Waals surface area (Å²) in [5, 5.41) is 4.15. The van der Waals surface area contributed by atoms with Crippen molar-refractivity contribution in [3.05, 3.63) is 83.7 Å². The van der Waals surface area contributed by atoms with Gasteiger partial charge in [-0.15, -0.1) is 0 Å². The molecule has 26 heavy (non-hydrogen) atoms. The lowest BCUT2D eigenvalue weighted by atomic mass is 10.1. The molecule has 0 fully saturated rings. The van der Waals surface area contributed by atoms with Crippen molar-refractivity contribution in [2.75, 3.05) is 6.26 Å². The van der Waals surface area contributed by atoms with Gasteiger partial charge in [-0.3, -0.25) is 0 Å². The Morgan fingerprint density at radius 3 is 2.27 bits per heavy atom. The molecule has 1 aromatic heterocycles. The number of aromatic nitrogens is 2. The molecule has 7 heteroatoms. The molecule has 2 aromatic carbocycles. The summed E-state index contributed by atoms with van der Waals surface area (Å²) in [6.45, 7) is 0.156. The minimum atomic E-state index is -3.10. The van der Waals surface area contributed by atoms with Crippen LogP contribution in [-0.4, -0.2) is 30.4 Å². The number of ether oxygens (including phenoxy) is 1. The molecule has 0 aliphatic rings. The van der Waals surface area contributed by atoms with E-state index in [1.807, 2.05) is 36.5 Å². The zero-order chi connectivity index (χ0) is 18.6. The van der Waals surface area contributed by atoms with Crippen molar-refractivity contribution in [3.63, 3.8) is 0 Å². The Labute approximate surface area is 152 Å². The second kappa shape index (κ2) is 7.53. The molecule has 3 rings (SSSR count). The van der Waals surface area contributed by atoms with Gasteiger partial charge in [0.2, 0.25) is 0 Å². The van der Waals surface area contributed by atoms with Crippen molar-refractivity contribution in [2.24, 2.45) is 0 Å². The summed E-state index contributed by atoms with van der Waals surface area (Å²) in [5.41, 5.74) is 2.81. The van der Waals surface area contributed by atoms with Crippen molar-refractivity contribution < 1.29 is 17.9 Å². The molecule has 0 N–H and O–H groups in total. The molecule has 0 amide bonds. The largest absolute Gasteiger partial charge is 0.457 e. The molecule has 0 radical (unpaired) electrons. The number of hydrogen-bond acceptors (Lipinski definition) is 5. The third kappa shape index (κ3) is 4.80. The molecule has 0 spiro atoms. The molecule has 0 bridgehead atoms. The van der Waals surface area contributed by atoms with Crippen molar-refractivity contribution in [2.45, 2.75) is 12.4 Å². The van der Waals surface area contributed by atoms with Gasteiger partial charge in [0, 0.05) is 18.6 Å². The highest BCUT2D eigenvalue weighted by atomic mass is 32.2. The minimum Gasteiger partial charge on any atom is -0.457 e. The lowest BCUT2D eigenvalue weighted by molar-refractivity contribution is 0.0472. The molecule has 0 atom stereocenters. The Morgan fingerprint density at radius 2 is 1.69 bits per heavy atom. The Hall–Kier alpha value is -2.93. The lowest BCUT2D eigenvalue weighted by Crippen LogP contribution is -2.06. The second-order valence-corrected chi connectivity index (χ2v) is 8.10. The maximum absolute atomic E-state index is 12.1. The van der Waals surface area contributed by atoms with Crippen LogP contribution in [0.25, 0.3) is 5.69 Å². The van der Waals surface area contributed by atoms with Crippen LogP contribution in [0.1, 0.15) is 21.5 Å². The van der Waals surface area contributed by atoms with Gasteiger partial charge in [0.1, 0.15) is 6.61 Å². The molecule has 0 saturated heterocycles. The molecular formula is C19H18N2O4S. The van der Waals surface area contributed by atoms with E-state index in [9.17, 15) is 13.2 Å². The van der Waals surface area contributed by atoms with Crippen molar-refractivity contribution in [1.29, 1.82) is 0 Å². The highest BCUT2D eigenvalue weighted by molar-refractivity contribution is 7.89. The van der Waals surface area contributed by atoms with Gasteiger partial charge >= 0.3 is 5.97 Å². The van der Waals surface area contributed by atoms with Crippen LogP contribution in [0, 0.1) is 0 Å². The van der Waals surface area contributed by atoms with Gasteiger partial charge in [-0.25, -0.2) is 17.9 Å².